The molecular weight excluding hydrogens is 236 g/mol. The normalized spacial score (nSPS) is 10.9. The standard InChI is InChI=1S/C16H24N2O/c1-14(2)7-9-19-10-8-18(3)13-16-6-4-5-15(11-16)12-17/h4-6,11,14H,7-10,13H2,1-3H3. The van der Waals surface area contributed by atoms with Gasteiger partial charge < -0.3 is 4.74 Å². The highest BCUT2D eigenvalue weighted by molar-refractivity contribution is 5.32. The average Bonchev–Trinajstić information content (AvgIpc) is 2.38. The monoisotopic (exact) mass is 260 g/mol. The summed E-state index contributed by atoms with van der Waals surface area (Å²) in [5, 5.41) is 8.86. The molecule has 3 nitrogen and oxygen atoms in total. The van der Waals surface area contributed by atoms with E-state index in [1.54, 1.807) is 0 Å². The molecular formula is C16H24N2O. The number of hydrogen-bond donors (Lipinski definition) is 0. The van der Waals surface area contributed by atoms with Gasteiger partial charge in [-0.25, -0.2) is 0 Å². The maximum Gasteiger partial charge on any atom is 0.0991 e. The highest BCUT2D eigenvalue weighted by atomic mass is 16.5. The lowest BCUT2D eigenvalue weighted by atomic mass is 10.1. The molecule has 0 heterocycles. The molecule has 1 rings (SSSR count). The summed E-state index contributed by atoms with van der Waals surface area (Å²) in [5.41, 5.74) is 1.89. The molecule has 0 radical (unpaired) electrons. The van der Waals surface area contributed by atoms with E-state index in [2.05, 4.69) is 37.9 Å². The first-order valence-electron chi connectivity index (χ1n) is 6.87. The van der Waals surface area contributed by atoms with Crippen LogP contribution < -0.4 is 0 Å². The van der Waals surface area contributed by atoms with Crippen molar-refractivity contribution in [2.45, 2.75) is 26.8 Å². The lowest BCUT2D eigenvalue weighted by molar-refractivity contribution is 0.101. The largest absolute Gasteiger partial charge is 0.380 e. The summed E-state index contributed by atoms with van der Waals surface area (Å²) in [6.07, 6.45) is 1.12. The number of hydrogen-bond acceptors (Lipinski definition) is 3. The van der Waals surface area contributed by atoms with Crippen molar-refractivity contribution in [3.05, 3.63) is 35.4 Å². The van der Waals surface area contributed by atoms with Crippen molar-refractivity contribution in [2.75, 3.05) is 26.8 Å². The fourth-order valence-electron chi connectivity index (χ4n) is 1.77. The molecule has 0 fully saturated rings. The Hall–Kier alpha value is -1.37. The van der Waals surface area contributed by atoms with Crippen molar-refractivity contribution >= 4 is 0 Å². The summed E-state index contributed by atoms with van der Waals surface area (Å²) in [6.45, 7) is 7.78. The van der Waals surface area contributed by atoms with Crippen LogP contribution in [0.1, 0.15) is 31.4 Å². The van der Waals surface area contributed by atoms with Gasteiger partial charge in [0.25, 0.3) is 0 Å². The minimum atomic E-state index is 0.700. The van der Waals surface area contributed by atoms with E-state index < -0.39 is 0 Å². The molecule has 104 valence electrons. The van der Waals surface area contributed by atoms with E-state index in [9.17, 15) is 0 Å². The Morgan fingerprint density at radius 2 is 2.11 bits per heavy atom. The van der Waals surface area contributed by atoms with Crippen molar-refractivity contribution in [1.29, 1.82) is 5.26 Å². The zero-order valence-corrected chi connectivity index (χ0v) is 12.2. The Labute approximate surface area is 116 Å². The van der Waals surface area contributed by atoms with E-state index in [0.29, 0.717) is 5.92 Å². The summed E-state index contributed by atoms with van der Waals surface area (Å²) in [4.78, 5) is 2.21. The average molecular weight is 260 g/mol. The number of nitrogens with zero attached hydrogens (tertiary/aromatic N) is 2. The van der Waals surface area contributed by atoms with Crippen LogP contribution in [0.15, 0.2) is 24.3 Å². The molecule has 0 aliphatic rings. The Morgan fingerprint density at radius 3 is 2.79 bits per heavy atom. The molecule has 0 bridgehead atoms. The van der Waals surface area contributed by atoms with E-state index in [1.165, 1.54) is 5.56 Å². The molecule has 0 aliphatic heterocycles. The summed E-state index contributed by atoms with van der Waals surface area (Å²) in [7, 11) is 2.07. The molecule has 3 heteroatoms. The fraction of sp³-hybridized carbons (Fsp3) is 0.562. The number of benzene rings is 1. The maximum atomic E-state index is 8.86. The third-order valence-corrected chi connectivity index (χ3v) is 2.97. The van der Waals surface area contributed by atoms with E-state index in [0.717, 1.165) is 38.3 Å². The summed E-state index contributed by atoms with van der Waals surface area (Å²) < 4.78 is 5.60. The van der Waals surface area contributed by atoms with E-state index in [-0.39, 0.29) is 0 Å². The van der Waals surface area contributed by atoms with Crippen LogP contribution in [-0.2, 0) is 11.3 Å². The molecule has 1 aromatic rings. The van der Waals surface area contributed by atoms with Crippen LogP contribution in [0, 0.1) is 17.2 Å². The Morgan fingerprint density at radius 1 is 1.32 bits per heavy atom. The van der Waals surface area contributed by atoms with Gasteiger partial charge >= 0.3 is 0 Å². The lowest BCUT2D eigenvalue weighted by Gasteiger charge is -2.17. The van der Waals surface area contributed by atoms with E-state index >= 15 is 0 Å². The van der Waals surface area contributed by atoms with Crippen molar-refractivity contribution in [3.63, 3.8) is 0 Å². The molecule has 0 atom stereocenters. The van der Waals surface area contributed by atoms with Gasteiger partial charge in [-0.05, 0) is 37.1 Å². The van der Waals surface area contributed by atoms with Crippen LogP contribution in [-0.4, -0.2) is 31.7 Å². The Bertz CT molecular complexity index is 409. The van der Waals surface area contributed by atoms with Gasteiger partial charge in [-0.2, -0.15) is 5.26 Å². The van der Waals surface area contributed by atoms with Gasteiger partial charge in [-0.1, -0.05) is 26.0 Å². The molecule has 19 heavy (non-hydrogen) atoms. The van der Waals surface area contributed by atoms with Crippen LogP contribution in [0.4, 0.5) is 0 Å². The van der Waals surface area contributed by atoms with Crippen LogP contribution in [0.25, 0.3) is 0 Å². The van der Waals surface area contributed by atoms with Gasteiger partial charge in [0.1, 0.15) is 0 Å². The first-order valence-corrected chi connectivity index (χ1v) is 6.87. The first kappa shape index (κ1) is 15.7. The maximum absolute atomic E-state index is 8.86. The number of rotatable bonds is 8. The van der Waals surface area contributed by atoms with Gasteiger partial charge in [0.05, 0.1) is 18.2 Å². The minimum absolute atomic E-state index is 0.700. The minimum Gasteiger partial charge on any atom is -0.380 e. The molecule has 0 unspecified atom stereocenters. The zero-order chi connectivity index (χ0) is 14.1. The van der Waals surface area contributed by atoms with Crippen LogP contribution in [0.2, 0.25) is 0 Å². The van der Waals surface area contributed by atoms with Gasteiger partial charge in [-0.15, -0.1) is 0 Å². The summed E-state index contributed by atoms with van der Waals surface area (Å²) >= 11 is 0. The van der Waals surface area contributed by atoms with Gasteiger partial charge in [-0.3, -0.25) is 4.90 Å². The second-order valence-electron chi connectivity index (χ2n) is 5.34. The van der Waals surface area contributed by atoms with Crippen LogP contribution in [0.3, 0.4) is 0 Å². The van der Waals surface area contributed by atoms with Gasteiger partial charge in [0.15, 0.2) is 0 Å². The molecule has 0 aliphatic carbocycles. The molecule has 0 saturated carbocycles. The SMILES string of the molecule is CC(C)CCOCCN(C)Cc1cccc(C#N)c1. The Kier molecular flexibility index (Phi) is 7.17. The smallest absolute Gasteiger partial charge is 0.0991 e. The third-order valence-electron chi connectivity index (χ3n) is 2.97. The molecule has 0 aromatic heterocycles. The van der Waals surface area contributed by atoms with Gasteiger partial charge in [0.2, 0.25) is 0 Å². The summed E-state index contributed by atoms with van der Waals surface area (Å²) in [5.74, 6) is 0.700. The molecule has 1 aromatic carbocycles. The van der Waals surface area contributed by atoms with E-state index in [4.69, 9.17) is 10.00 Å². The highest BCUT2D eigenvalue weighted by Crippen LogP contribution is 2.06. The quantitative estimate of drug-likeness (QED) is 0.674. The molecule has 0 N–H and O–H groups in total. The summed E-state index contributed by atoms with van der Waals surface area (Å²) in [6, 6.07) is 9.92. The molecule has 0 amide bonds. The fourth-order valence-corrected chi connectivity index (χ4v) is 1.77. The molecule has 0 spiro atoms. The lowest BCUT2D eigenvalue weighted by Crippen LogP contribution is -2.23. The Balaban J connectivity index is 2.23. The highest BCUT2D eigenvalue weighted by Gasteiger charge is 2.02. The zero-order valence-electron chi connectivity index (χ0n) is 12.2. The first-order chi connectivity index (χ1) is 9.11. The number of ether oxygens (including phenoxy) is 1. The number of likely N-dealkylation sites (N-methyl/N-ethyl adjacent to an activating group) is 1. The second kappa shape index (κ2) is 8.68. The topological polar surface area (TPSA) is 36.3 Å². The predicted octanol–water partition coefficient (Wildman–Crippen LogP) is 3.05. The van der Waals surface area contributed by atoms with Crippen molar-refractivity contribution in [3.8, 4) is 6.07 Å². The van der Waals surface area contributed by atoms with Crippen molar-refractivity contribution in [1.82, 2.24) is 4.90 Å². The van der Waals surface area contributed by atoms with Crippen molar-refractivity contribution in [2.24, 2.45) is 5.92 Å². The van der Waals surface area contributed by atoms with Gasteiger partial charge in [0, 0.05) is 19.7 Å². The van der Waals surface area contributed by atoms with E-state index in [1.807, 2.05) is 18.2 Å². The number of nitriles is 1. The van der Waals surface area contributed by atoms with Crippen LogP contribution >= 0.6 is 0 Å². The third kappa shape index (κ3) is 6.95. The van der Waals surface area contributed by atoms with Crippen LogP contribution in [0.5, 0.6) is 0 Å². The van der Waals surface area contributed by atoms with Crippen molar-refractivity contribution < 1.29 is 4.74 Å². The predicted molar refractivity (Wildman–Crippen MR) is 77.8 cm³/mol. The second-order valence-corrected chi connectivity index (χ2v) is 5.34. The molecule has 0 saturated heterocycles.